The number of anilines is 2. The van der Waals surface area contributed by atoms with E-state index in [1.54, 1.807) is 31.4 Å². The fraction of sp³-hybridized carbons (Fsp3) is 0.174. The highest BCUT2D eigenvalue weighted by molar-refractivity contribution is 6.35. The van der Waals surface area contributed by atoms with Crippen molar-refractivity contribution in [3.8, 4) is 11.5 Å². The third-order valence-corrected chi connectivity index (χ3v) is 4.90. The Balaban J connectivity index is 1.58. The Morgan fingerprint density at radius 2 is 1.73 bits per heavy atom. The number of ether oxygens (including phenoxy) is 2. The summed E-state index contributed by atoms with van der Waals surface area (Å²) >= 11 is 12.2. The molecule has 3 rings (SSSR count). The monoisotopic (exact) mass is 444 g/mol. The molecular formula is C23H22Cl2N2O3. The quantitative estimate of drug-likeness (QED) is 0.451. The van der Waals surface area contributed by atoms with Gasteiger partial charge in [-0.2, -0.15) is 0 Å². The average molecular weight is 445 g/mol. The Bertz CT molecular complexity index is 1020. The maximum absolute atomic E-state index is 12.1. The van der Waals surface area contributed by atoms with E-state index < -0.39 is 0 Å². The second kappa shape index (κ2) is 10.2. The average Bonchev–Trinajstić information content (AvgIpc) is 2.74. The molecule has 0 fully saturated rings. The van der Waals surface area contributed by atoms with Crippen LogP contribution in [0.25, 0.3) is 0 Å². The number of nitrogens with one attached hydrogen (secondary N) is 2. The molecule has 0 saturated heterocycles. The van der Waals surface area contributed by atoms with Crippen molar-refractivity contribution >= 4 is 40.5 Å². The molecule has 0 unspecified atom stereocenters. The Labute approximate surface area is 185 Å². The van der Waals surface area contributed by atoms with Gasteiger partial charge in [-0.05, 0) is 55.0 Å². The molecule has 0 aliphatic heterocycles. The number of halogens is 2. The molecule has 0 heterocycles. The fourth-order valence-electron chi connectivity index (χ4n) is 2.75. The maximum atomic E-state index is 12.1. The molecule has 0 aliphatic rings. The lowest BCUT2D eigenvalue weighted by atomic mass is 10.2. The molecule has 0 radical (unpaired) electrons. The molecule has 3 aromatic rings. The topological polar surface area (TPSA) is 59.6 Å². The lowest BCUT2D eigenvalue weighted by Crippen LogP contribution is -2.20. The largest absolute Gasteiger partial charge is 0.493 e. The van der Waals surface area contributed by atoms with Gasteiger partial charge in [0, 0.05) is 17.3 Å². The normalized spacial score (nSPS) is 10.4. The summed E-state index contributed by atoms with van der Waals surface area (Å²) in [7, 11) is 1.56. The highest BCUT2D eigenvalue weighted by atomic mass is 35.5. The number of methoxy groups -OCH3 is 1. The van der Waals surface area contributed by atoms with Crippen LogP contribution in [0.3, 0.4) is 0 Å². The summed E-state index contributed by atoms with van der Waals surface area (Å²) in [5.74, 6) is 0.776. The molecule has 30 heavy (non-hydrogen) atoms. The van der Waals surface area contributed by atoms with Crippen molar-refractivity contribution in [2.24, 2.45) is 0 Å². The molecule has 0 bridgehead atoms. The third-order valence-electron chi connectivity index (χ3n) is 4.33. The minimum absolute atomic E-state index is 0.125. The van der Waals surface area contributed by atoms with E-state index >= 15 is 0 Å². The van der Waals surface area contributed by atoms with Gasteiger partial charge in [-0.1, -0.05) is 47.0 Å². The molecule has 156 valence electrons. The smallest absolute Gasteiger partial charge is 0.262 e. The van der Waals surface area contributed by atoms with E-state index in [1.807, 2.05) is 43.3 Å². The lowest BCUT2D eigenvalue weighted by Gasteiger charge is -2.14. The predicted octanol–water partition coefficient (Wildman–Crippen LogP) is 5.94. The van der Waals surface area contributed by atoms with Crippen LogP contribution in [-0.4, -0.2) is 19.6 Å². The number of hydrogen-bond acceptors (Lipinski definition) is 4. The SMILES string of the molecule is COc1cc(CNc2cc(Cl)ccc2Cl)ccc1OCC(=O)Nc1ccc(C)cc1. The van der Waals surface area contributed by atoms with Crippen molar-refractivity contribution in [3.63, 3.8) is 0 Å². The zero-order valence-electron chi connectivity index (χ0n) is 16.7. The molecule has 5 nitrogen and oxygen atoms in total. The van der Waals surface area contributed by atoms with Gasteiger partial charge in [-0.15, -0.1) is 0 Å². The van der Waals surface area contributed by atoms with Crippen molar-refractivity contribution in [3.05, 3.63) is 81.8 Å². The van der Waals surface area contributed by atoms with Crippen LogP contribution in [0.4, 0.5) is 11.4 Å². The second-order valence-electron chi connectivity index (χ2n) is 6.67. The van der Waals surface area contributed by atoms with Gasteiger partial charge in [0.1, 0.15) is 0 Å². The fourth-order valence-corrected chi connectivity index (χ4v) is 3.11. The number of hydrogen-bond donors (Lipinski definition) is 2. The molecule has 0 saturated carbocycles. The molecule has 2 N–H and O–H groups in total. The van der Waals surface area contributed by atoms with Crippen LogP contribution in [0.15, 0.2) is 60.7 Å². The molecule has 0 aliphatic carbocycles. The summed E-state index contributed by atoms with van der Waals surface area (Å²) in [6.07, 6.45) is 0. The number of carbonyl (C=O) groups excluding carboxylic acids is 1. The Morgan fingerprint density at radius 3 is 2.47 bits per heavy atom. The van der Waals surface area contributed by atoms with Gasteiger partial charge in [-0.3, -0.25) is 4.79 Å². The van der Waals surface area contributed by atoms with E-state index in [9.17, 15) is 4.79 Å². The number of amides is 1. The summed E-state index contributed by atoms with van der Waals surface area (Å²) in [6.45, 7) is 2.38. The van der Waals surface area contributed by atoms with Crippen LogP contribution in [0.5, 0.6) is 11.5 Å². The van der Waals surface area contributed by atoms with Crippen LogP contribution in [0.2, 0.25) is 10.0 Å². The standard InChI is InChI=1S/C23H22Cl2N2O3/c1-15-3-7-18(8-4-15)27-23(28)14-30-21-10-5-16(11-22(21)29-2)13-26-20-12-17(24)6-9-19(20)25/h3-12,26H,13-14H2,1-2H3,(H,27,28). The van der Waals surface area contributed by atoms with Crippen LogP contribution in [0.1, 0.15) is 11.1 Å². The minimum Gasteiger partial charge on any atom is -0.493 e. The molecule has 7 heteroatoms. The maximum Gasteiger partial charge on any atom is 0.262 e. The Hall–Kier alpha value is -2.89. The first kappa shape index (κ1) is 21.8. The lowest BCUT2D eigenvalue weighted by molar-refractivity contribution is -0.118. The van der Waals surface area contributed by atoms with Gasteiger partial charge in [0.25, 0.3) is 5.91 Å². The highest BCUT2D eigenvalue weighted by Crippen LogP contribution is 2.30. The van der Waals surface area contributed by atoms with E-state index in [0.29, 0.717) is 28.1 Å². The van der Waals surface area contributed by atoms with E-state index in [0.717, 1.165) is 22.5 Å². The van der Waals surface area contributed by atoms with Crippen LogP contribution in [0, 0.1) is 6.92 Å². The number of rotatable bonds is 8. The van der Waals surface area contributed by atoms with Gasteiger partial charge >= 0.3 is 0 Å². The zero-order chi connectivity index (χ0) is 21.5. The van der Waals surface area contributed by atoms with Gasteiger partial charge in [0.2, 0.25) is 0 Å². The molecule has 0 atom stereocenters. The van der Waals surface area contributed by atoms with Crippen LogP contribution in [-0.2, 0) is 11.3 Å². The van der Waals surface area contributed by atoms with E-state index in [4.69, 9.17) is 32.7 Å². The predicted molar refractivity (Wildman–Crippen MR) is 122 cm³/mol. The van der Waals surface area contributed by atoms with Crippen molar-refractivity contribution in [1.29, 1.82) is 0 Å². The molecule has 0 aromatic heterocycles. The minimum atomic E-state index is -0.248. The number of benzene rings is 3. The van der Waals surface area contributed by atoms with Crippen molar-refractivity contribution in [1.82, 2.24) is 0 Å². The van der Waals surface area contributed by atoms with E-state index in [2.05, 4.69) is 10.6 Å². The first-order valence-corrected chi connectivity index (χ1v) is 10.1. The van der Waals surface area contributed by atoms with Crippen molar-refractivity contribution < 1.29 is 14.3 Å². The van der Waals surface area contributed by atoms with Gasteiger partial charge in [0.15, 0.2) is 18.1 Å². The first-order valence-electron chi connectivity index (χ1n) is 9.30. The number of aryl methyl sites for hydroxylation is 1. The Kier molecular flexibility index (Phi) is 7.44. The van der Waals surface area contributed by atoms with Crippen molar-refractivity contribution in [2.45, 2.75) is 13.5 Å². The summed E-state index contributed by atoms with van der Waals surface area (Å²) in [5.41, 5.74) is 3.55. The van der Waals surface area contributed by atoms with Gasteiger partial charge in [0.05, 0.1) is 17.8 Å². The second-order valence-corrected chi connectivity index (χ2v) is 7.51. The van der Waals surface area contributed by atoms with Crippen LogP contribution < -0.4 is 20.1 Å². The van der Waals surface area contributed by atoms with Gasteiger partial charge in [-0.25, -0.2) is 0 Å². The molecular weight excluding hydrogens is 423 g/mol. The van der Waals surface area contributed by atoms with E-state index in [-0.39, 0.29) is 12.5 Å². The van der Waals surface area contributed by atoms with Gasteiger partial charge < -0.3 is 20.1 Å². The third kappa shape index (κ3) is 6.05. The van der Waals surface area contributed by atoms with Crippen LogP contribution >= 0.6 is 23.2 Å². The summed E-state index contributed by atoms with van der Waals surface area (Å²) in [6, 6.07) is 18.3. The van der Waals surface area contributed by atoms with E-state index in [1.165, 1.54) is 0 Å². The summed E-state index contributed by atoms with van der Waals surface area (Å²) < 4.78 is 11.1. The first-order chi connectivity index (χ1) is 14.4. The summed E-state index contributed by atoms with van der Waals surface area (Å²) in [4.78, 5) is 12.1. The van der Waals surface area contributed by atoms with Crippen molar-refractivity contribution in [2.75, 3.05) is 24.4 Å². The summed E-state index contributed by atoms with van der Waals surface area (Å²) in [5, 5.41) is 7.24. The molecule has 0 spiro atoms. The number of carbonyl (C=O) groups is 1. The molecule has 1 amide bonds. The highest BCUT2D eigenvalue weighted by Gasteiger charge is 2.10. The zero-order valence-corrected chi connectivity index (χ0v) is 18.2. The molecule has 3 aromatic carbocycles. The Morgan fingerprint density at radius 1 is 0.967 bits per heavy atom.